The molecule has 3 N–H and O–H groups in total. The third-order valence-electron chi connectivity index (χ3n) is 2.83. The van der Waals surface area contributed by atoms with Crippen LogP contribution in [-0.4, -0.2) is 48.4 Å². The summed E-state index contributed by atoms with van der Waals surface area (Å²) in [5.74, 6) is -2.49. The zero-order valence-electron chi connectivity index (χ0n) is 13.6. The van der Waals surface area contributed by atoms with Gasteiger partial charge in [-0.1, -0.05) is 0 Å². The molecule has 152 valence electrons. The number of hydrogen-bond acceptors (Lipinski definition) is 5. The van der Waals surface area contributed by atoms with E-state index in [1.54, 1.807) is 0 Å². The van der Waals surface area contributed by atoms with Crippen LogP contribution in [0.3, 0.4) is 0 Å². The number of urea groups is 1. The minimum Gasteiger partial charge on any atom is -0.508 e. The van der Waals surface area contributed by atoms with Crippen molar-refractivity contribution >= 4 is 17.7 Å². The molecule has 0 aromatic heterocycles. The van der Waals surface area contributed by atoms with Crippen LogP contribution in [0.1, 0.15) is 6.92 Å². The number of ether oxygens (including phenoxy) is 2. The molecular weight excluding hydrogens is 390 g/mol. The minimum absolute atomic E-state index is 0.124. The van der Waals surface area contributed by atoms with E-state index < -0.39 is 43.3 Å². The predicted octanol–water partition coefficient (Wildman–Crippen LogP) is 2.91. The molecule has 2 amide bonds. The molecule has 0 radical (unpaired) electrons. The highest BCUT2D eigenvalue weighted by molar-refractivity contribution is 5.94. The van der Waals surface area contributed by atoms with E-state index >= 15 is 0 Å². The number of nitrogens with one attached hydrogen (secondary N) is 2. The van der Waals surface area contributed by atoms with Crippen LogP contribution in [0.15, 0.2) is 24.3 Å². The van der Waals surface area contributed by atoms with E-state index in [-0.39, 0.29) is 11.4 Å². The van der Waals surface area contributed by atoms with Crippen molar-refractivity contribution in [1.29, 1.82) is 0 Å². The topological polar surface area (TPSA) is 96.9 Å². The summed E-state index contributed by atoms with van der Waals surface area (Å²) in [5.41, 5.74) is -4.51. The highest BCUT2D eigenvalue weighted by Gasteiger charge is 2.66. The van der Waals surface area contributed by atoms with Gasteiger partial charge in [0.25, 0.3) is 0 Å². The predicted molar refractivity (Wildman–Crippen MR) is 77.7 cm³/mol. The number of halogens is 6. The number of aromatic hydroxyl groups is 1. The molecule has 1 aromatic rings. The van der Waals surface area contributed by atoms with E-state index in [1.807, 2.05) is 5.32 Å². The van der Waals surface area contributed by atoms with Crippen molar-refractivity contribution in [2.45, 2.75) is 25.0 Å². The zero-order chi connectivity index (χ0) is 20.9. The van der Waals surface area contributed by atoms with Gasteiger partial charge in [-0.3, -0.25) is 5.32 Å². The molecule has 1 aromatic carbocycles. The Morgan fingerprint density at radius 2 is 1.63 bits per heavy atom. The molecule has 0 fully saturated rings. The number of esters is 1. The van der Waals surface area contributed by atoms with E-state index in [4.69, 9.17) is 5.11 Å². The Hall–Kier alpha value is -2.70. The summed E-state index contributed by atoms with van der Waals surface area (Å²) < 4.78 is 85.2. The van der Waals surface area contributed by atoms with Gasteiger partial charge in [0.2, 0.25) is 0 Å². The number of carbonyl (C=O) groups is 2. The lowest BCUT2D eigenvalue weighted by molar-refractivity contribution is -0.305. The quantitative estimate of drug-likeness (QED) is 0.293. The van der Waals surface area contributed by atoms with Crippen molar-refractivity contribution < 1.29 is 50.5 Å². The monoisotopic (exact) mass is 404 g/mol. The van der Waals surface area contributed by atoms with E-state index in [0.717, 1.165) is 36.5 Å². The third kappa shape index (κ3) is 6.20. The number of phenols is 1. The summed E-state index contributed by atoms with van der Waals surface area (Å²) in [6, 6.07) is 2.64. The first-order valence-corrected chi connectivity index (χ1v) is 7.13. The number of alkyl halides is 6. The van der Waals surface area contributed by atoms with Crippen molar-refractivity contribution in [1.82, 2.24) is 5.32 Å². The molecule has 13 heteroatoms. The lowest BCUT2D eigenvalue weighted by Crippen LogP contribution is -2.67. The molecular formula is C14H14F6N2O5. The molecule has 0 spiro atoms. The van der Waals surface area contributed by atoms with Crippen LogP contribution in [0, 0.1) is 0 Å². The maximum atomic E-state index is 13.4. The zero-order valence-corrected chi connectivity index (χ0v) is 13.6. The number of rotatable bonds is 6. The lowest BCUT2D eigenvalue weighted by atomic mass is 10.2. The summed E-state index contributed by atoms with van der Waals surface area (Å²) in [7, 11) is 0. The molecule has 0 saturated carbocycles. The Kier molecular flexibility index (Phi) is 6.89. The normalized spacial score (nSPS) is 14.2. The molecule has 0 heterocycles. The van der Waals surface area contributed by atoms with E-state index in [2.05, 4.69) is 9.47 Å². The fraction of sp³-hybridized carbons (Fsp3) is 0.429. The number of amides is 2. The number of carbonyl (C=O) groups excluding carboxylic acids is 2. The fourth-order valence-electron chi connectivity index (χ4n) is 1.70. The van der Waals surface area contributed by atoms with Crippen LogP contribution in [0.4, 0.5) is 36.8 Å². The first kappa shape index (κ1) is 22.3. The van der Waals surface area contributed by atoms with Crippen LogP contribution >= 0.6 is 0 Å². The molecule has 1 atom stereocenters. The van der Waals surface area contributed by atoms with Gasteiger partial charge < -0.3 is 19.9 Å². The molecule has 7 nitrogen and oxygen atoms in total. The first-order chi connectivity index (χ1) is 12.3. The second kappa shape index (κ2) is 8.33. The molecule has 0 aliphatic rings. The van der Waals surface area contributed by atoms with Crippen molar-refractivity contribution in [2.24, 2.45) is 0 Å². The SMILES string of the molecule is CCOC(=O)C(NC(=O)Nc1ccc(O)cc1)(OCC(F)(F)F)C(F)(F)F. The van der Waals surface area contributed by atoms with E-state index in [0.29, 0.717) is 0 Å². The van der Waals surface area contributed by atoms with Gasteiger partial charge >= 0.3 is 30.1 Å². The molecule has 0 saturated heterocycles. The maximum Gasteiger partial charge on any atom is 0.448 e. The van der Waals surface area contributed by atoms with Crippen LogP contribution in [0.25, 0.3) is 0 Å². The maximum absolute atomic E-state index is 13.4. The van der Waals surface area contributed by atoms with Crippen molar-refractivity contribution in [3.63, 3.8) is 0 Å². The largest absolute Gasteiger partial charge is 0.508 e. The molecule has 0 bridgehead atoms. The molecule has 1 unspecified atom stereocenters. The van der Waals surface area contributed by atoms with Crippen LogP contribution < -0.4 is 10.6 Å². The summed E-state index contributed by atoms with van der Waals surface area (Å²) >= 11 is 0. The average molecular weight is 404 g/mol. The number of hydrogen-bond donors (Lipinski definition) is 3. The first-order valence-electron chi connectivity index (χ1n) is 7.13. The van der Waals surface area contributed by atoms with Gasteiger partial charge in [0.15, 0.2) is 0 Å². The highest BCUT2D eigenvalue weighted by atomic mass is 19.4. The summed E-state index contributed by atoms with van der Waals surface area (Å²) in [6.45, 7) is -1.99. The van der Waals surface area contributed by atoms with Crippen LogP contribution in [0.2, 0.25) is 0 Å². The Morgan fingerprint density at radius 1 is 1.07 bits per heavy atom. The van der Waals surface area contributed by atoms with Gasteiger partial charge in [-0.2, -0.15) is 26.3 Å². The average Bonchev–Trinajstić information content (AvgIpc) is 2.51. The number of benzene rings is 1. The fourth-order valence-corrected chi connectivity index (χ4v) is 1.70. The number of phenolic OH excluding ortho intramolecular Hbond substituents is 1. The van der Waals surface area contributed by atoms with Crippen molar-refractivity contribution in [3.05, 3.63) is 24.3 Å². The number of anilines is 1. The van der Waals surface area contributed by atoms with E-state index in [9.17, 15) is 35.9 Å². The molecule has 0 aliphatic heterocycles. The van der Waals surface area contributed by atoms with Gasteiger partial charge in [-0.25, -0.2) is 9.59 Å². The Balaban J connectivity index is 3.15. The summed E-state index contributed by atoms with van der Waals surface area (Å²) in [6.07, 6.45) is -11.0. The Morgan fingerprint density at radius 3 is 2.07 bits per heavy atom. The van der Waals surface area contributed by atoms with Gasteiger partial charge in [0.05, 0.1) is 6.61 Å². The lowest BCUT2D eigenvalue weighted by Gasteiger charge is -2.33. The summed E-state index contributed by atoms with van der Waals surface area (Å²) in [4.78, 5) is 23.6. The molecule has 27 heavy (non-hydrogen) atoms. The van der Waals surface area contributed by atoms with Crippen LogP contribution in [-0.2, 0) is 14.3 Å². The molecule has 0 aliphatic carbocycles. The van der Waals surface area contributed by atoms with Gasteiger partial charge in [-0.05, 0) is 31.2 Å². The third-order valence-corrected chi connectivity index (χ3v) is 2.83. The van der Waals surface area contributed by atoms with Crippen LogP contribution in [0.5, 0.6) is 5.75 Å². The van der Waals surface area contributed by atoms with Gasteiger partial charge in [0.1, 0.15) is 12.4 Å². The summed E-state index contributed by atoms with van der Waals surface area (Å²) in [5, 5.41) is 12.0. The highest BCUT2D eigenvalue weighted by Crippen LogP contribution is 2.34. The second-order valence-corrected chi connectivity index (χ2v) is 4.93. The van der Waals surface area contributed by atoms with E-state index in [1.165, 1.54) is 0 Å². The Labute approximate surface area is 148 Å². The van der Waals surface area contributed by atoms with Crippen molar-refractivity contribution in [2.75, 3.05) is 18.5 Å². The standard InChI is InChI=1S/C14H14F6N2O5/c1-2-26-10(24)13(14(18,19)20,27-7-12(15,16)17)22-11(25)21-8-3-5-9(23)6-4-8/h3-6,23H,2,7H2,1H3,(H2,21,22,25). The smallest absolute Gasteiger partial charge is 0.448 e. The minimum atomic E-state index is -5.78. The van der Waals surface area contributed by atoms with Crippen molar-refractivity contribution in [3.8, 4) is 5.75 Å². The Bertz CT molecular complexity index is 661. The molecule has 1 rings (SSSR count). The van der Waals surface area contributed by atoms with Gasteiger partial charge in [-0.15, -0.1) is 0 Å². The van der Waals surface area contributed by atoms with Gasteiger partial charge in [0, 0.05) is 5.69 Å². The second-order valence-electron chi connectivity index (χ2n) is 4.93.